The van der Waals surface area contributed by atoms with Crippen molar-refractivity contribution in [3.05, 3.63) is 23.9 Å². The van der Waals surface area contributed by atoms with Gasteiger partial charge in [0.1, 0.15) is 0 Å². The van der Waals surface area contributed by atoms with Crippen molar-refractivity contribution < 1.29 is 23.1 Å². The number of nitrogens with zero attached hydrogens (tertiary/aromatic N) is 2. The number of carbonyl (C=O) groups is 1. The number of aromatic carboxylic acids is 1. The van der Waals surface area contributed by atoms with Crippen LogP contribution in [0.25, 0.3) is 0 Å². The topological polar surface area (TPSA) is 109 Å². The zero-order valence-corrected chi connectivity index (χ0v) is 12.2. The molecule has 116 valence electrons. The normalized spacial score (nSPS) is 16.8. The fraction of sp³-hybridized carbons (Fsp3) is 0.500. The third kappa shape index (κ3) is 4.46. The van der Waals surface area contributed by atoms with Gasteiger partial charge in [0.2, 0.25) is 0 Å². The maximum absolute atomic E-state index is 12.0. The van der Waals surface area contributed by atoms with Crippen LogP contribution in [0.3, 0.4) is 0 Å². The molecule has 0 bridgehead atoms. The molecule has 1 fully saturated rings. The summed E-state index contributed by atoms with van der Waals surface area (Å²) < 4.78 is 31.6. The number of hydrogen-bond donors (Lipinski definition) is 2. The van der Waals surface area contributed by atoms with E-state index in [0.29, 0.717) is 19.8 Å². The summed E-state index contributed by atoms with van der Waals surface area (Å²) in [6.45, 7) is 3.75. The molecule has 2 heterocycles. The summed E-state index contributed by atoms with van der Waals surface area (Å²) in [6.07, 6.45) is 1.03. The number of hydrogen-bond acceptors (Lipinski definition) is 6. The average Bonchev–Trinajstić information content (AvgIpc) is 2.48. The lowest BCUT2D eigenvalue weighted by Crippen LogP contribution is -2.41. The van der Waals surface area contributed by atoms with Crippen LogP contribution in [-0.2, 0) is 14.8 Å². The van der Waals surface area contributed by atoms with Crippen molar-refractivity contribution in [2.45, 2.75) is 5.03 Å². The zero-order valence-electron chi connectivity index (χ0n) is 11.4. The van der Waals surface area contributed by atoms with Crippen LogP contribution in [0, 0.1) is 0 Å². The molecule has 9 heteroatoms. The van der Waals surface area contributed by atoms with Gasteiger partial charge in [-0.1, -0.05) is 0 Å². The molecule has 1 aromatic heterocycles. The summed E-state index contributed by atoms with van der Waals surface area (Å²) in [6, 6.07) is 2.40. The summed E-state index contributed by atoms with van der Waals surface area (Å²) in [5, 5.41) is 8.56. The Morgan fingerprint density at radius 3 is 2.67 bits per heavy atom. The van der Waals surface area contributed by atoms with Crippen LogP contribution < -0.4 is 4.72 Å². The second-order valence-corrected chi connectivity index (χ2v) is 6.26. The first kappa shape index (κ1) is 15.8. The lowest BCUT2D eigenvalue weighted by atomic mass is 10.3. The van der Waals surface area contributed by atoms with E-state index in [1.807, 2.05) is 0 Å². The van der Waals surface area contributed by atoms with Gasteiger partial charge in [0, 0.05) is 32.4 Å². The molecule has 0 aromatic carbocycles. The minimum atomic E-state index is -3.72. The monoisotopic (exact) mass is 315 g/mol. The van der Waals surface area contributed by atoms with Crippen molar-refractivity contribution in [3.63, 3.8) is 0 Å². The summed E-state index contributed by atoms with van der Waals surface area (Å²) in [5.41, 5.74) is -0.0535. The summed E-state index contributed by atoms with van der Waals surface area (Å²) in [5.74, 6) is -1.15. The van der Waals surface area contributed by atoms with Crippen LogP contribution >= 0.6 is 0 Å². The van der Waals surface area contributed by atoms with Crippen molar-refractivity contribution in [2.24, 2.45) is 0 Å². The van der Waals surface area contributed by atoms with Crippen LogP contribution in [0.2, 0.25) is 0 Å². The number of pyridine rings is 1. The van der Waals surface area contributed by atoms with Crippen molar-refractivity contribution in [1.82, 2.24) is 14.6 Å². The smallest absolute Gasteiger partial charge is 0.337 e. The molecule has 0 atom stereocenters. The number of ether oxygens (including phenoxy) is 1. The lowest BCUT2D eigenvalue weighted by molar-refractivity contribution is 0.0390. The number of carboxylic acid groups (broad SMARTS) is 1. The highest BCUT2D eigenvalue weighted by Gasteiger charge is 2.17. The van der Waals surface area contributed by atoms with Crippen molar-refractivity contribution in [2.75, 3.05) is 39.4 Å². The van der Waals surface area contributed by atoms with Gasteiger partial charge in [-0.3, -0.25) is 4.90 Å². The first-order chi connectivity index (χ1) is 9.99. The van der Waals surface area contributed by atoms with Crippen LogP contribution in [0.15, 0.2) is 23.4 Å². The first-order valence-corrected chi connectivity index (χ1v) is 7.96. The van der Waals surface area contributed by atoms with Gasteiger partial charge in [0.05, 0.1) is 18.8 Å². The van der Waals surface area contributed by atoms with Crippen LogP contribution in [0.1, 0.15) is 10.4 Å². The van der Waals surface area contributed by atoms with Crippen LogP contribution in [-0.4, -0.2) is 68.8 Å². The maximum atomic E-state index is 12.0. The predicted molar refractivity (Wildman–Crippen MR) is 73.6 cm³/mol. The van der Waals surface area contributed by atoms with E-state index in [2.05, 4.69) is 14.6 Å². The molecule has 0 radical (unpaired) electrons. The van der Waals surface area contributed by atoms with E-state index in [1.165, 1.54) is 12.1 Å². The average molecular weight is 315 g/mol. The molecule has 1 aromatic rings. The summed E-state index contributed by atoms with van der Waals surface area (Å²) >= 11 is 0. The third-order valence-corrected chi connectivity index (χ3v) is 4.46. The molecule has 0 unspecified atom stereocenters. The fourth-order valence-electron chi connectivity index (χ4n) is 1.90. The summed E-state index contributed by atoms with van der Waals surface area (Å²) in [4.78, 5) is 16.5. The fourth-order valence-corrected chi connectivity index (χ4v) is 2.85. The molecule has 1 saturated heterocycles. The molecule has 2 N–H and O–H groups in total. The summed E-state index contributed by atoms with van der Waals surface area (Å²) in [7, 11) is -3.72. The second kappa shape index (κ2) is 6.94. The Balaban J connectivity index is 1.90. The lowest BCUT2D eigenvalue weighted by Gasteiger charge is -2.26. The number of rotatable bonds is 6. The van der Waals surface area contributed by atoms with E-state index >= 15 is 0 Å². The van der Waals surface area contributed by atoms with Gasteiger partial charge in [-0.15, -0.1) is 0 Å². The van der Waals surface area contributed by atoms with Crippen molar-refractivity contribution in [1.29, 1.82) is 0 Å². The minimum absolute atomic E-state index is 0.0535. The highest BCUT2D eigenvalue weighted by molar-refractivity contribution is 7.89. The number of carboxylic acids is 1. The molecule has 1 aliphatic rings. The molecular weight excluding hydrogens is 298 g/mol. The van der Waals surface area contributed by atoms with Crippen molar-refractivity contribution in [3.8, 4) is 0 Å². The first-order valence-electron chi connectivity index (χ1n) is 6.48. The number of nitrogens with one attached hydrogen (secondary N) is 1. The van der Waals surface area contributed by atoms with Gasteiger partial charge in [0.25, 0.3) is 10.0 Å². The third-order valence-electron chi connectivity index (χ3n) is 3.08. The maximum Gasteiger partial charge on any atom is 0.337 e. The molecule has 8 nitrogen and oxygen atoms in total. The van der Waals surface area contributed by atoms with Gasteiger partial charge < -0.3 is 9.84 Å². The van der Waals surface area contributed by atoms with Gasteiger partial charge in [0.15, 0.2) is 5.03 Å². The molecule has 21 heavy (non-hydrogen) atoms. The number of morpholine rings is 1. The molecule has 0 amide bonds. The quantitative estimate of drug-likeness (QED) is 0.721. The second-order valence-electron chi connectivity index (χ2n) is 4.54. The van der Waals surface area contributed by atoms with Gasteiger partial charge in [-0.05, 0) is 12.1 Å². The Kier molecular flexibility index (Phi) is 5.23. The Hall–Kier alpha value is -1.55. The SMILES string of the molecule is O=C(O)c1ccc(S(=O)(=O)NCCN2CCOCC2)nc1. The Morgan fingerprint density at radius 2 is 2.10 bits per heavy atom. The molecular formula is C12H17N3O5S. The molecule has 2 rings (SSSR count). The van der Waals surface area contributed by atoms with E-state index in [4.69, 9.17) is 9.84 Å². The molecule has 0 saturated carbocycles. The van der Waals surface area contributed by atoms with Gasteiger partial charge in [-0.25, -0.2) is 22.9 Å². The van der Waals surface area contributed by atoms with E-state index < -0.39 is 16.0 Å². The number of sulfonamides is 1. The van der Waals surface area contributed by atoms with Crippen LogP contribution in [0.5, 0.6) is 0 Å². The van der Waals surface area contributed by atoms with Gasteiger partial charge >= 0.3 is 5.97 Å². The molecule has 1 aliphatic heterocycles. The highest BCUT2D eigenvalue weighted by Crippen LogP contribution is 2.06. The standard InChI is InChI=1S/C12H17N3O5S/c16-12(17)10-1-2-11(13-9-10)21(18,19)14-3-4-15-5-7-20-8-6-15/h1-2,9,14H,3-8H2,(H,16,17). The minimum Gasteiger partial charge on any atom is -0.478 e. The van der Waals surface area contributed by atoms with Crippen molar-refractivity contribution >= 4 is 16.0 Å². The van der Waals surface area contributed by atoms with E-state index in [1.54, 1.807) is 0 Å². The highest BCUT2D eigenvalue weighted by atomic mass is 32.2. The van der Waals surface area contributed by atoms with E-state index in [9.17, 15) is 13.2 Å². The van der Waals surface area contributed by atoms with Gasteiger partial charge in [-0.2, -0.15) is 0 Å². The molecule has 0 aliphatic carbocycles. The largest absolute Gasteiger partial charge is 0.478 e. The molecule has 0 spiro atoms. The van der Waals surface area contributed by atoms with E-state index in [-0.39, 0.29) is 17.1 Å². The van der Waals surface area contributed by atoms with E-state index in [0.717, 1.165) is 19.3 Å². The Labute approximate surface area is 122 Å². The van der Waals surface area contributed by atoms with Crippen LogP contribution in [0.4, 0.5) is 0 Å². The Bertz CT molecular complexity index is 581. The predicted octanol–water partition coefficient (Wildman–Crippen LogP) is -0.610. The Morgan fingerprint density at radius 1 is 1.38 bits per heavy atom. The zero-order chi connectivity index (χ0) is 15.3. The number of aromatic nitrogens is 1.